The first-order valence-corrected chi connectivity index (χ1v) is 2.63. The molecule has 0 saturated heterocycles. The monoisotopic (exact) mass is 161 g/mol. The number of rotatable bonds is 1. The number of dihydropyridines is 1. The minimum Gasteiger partial charge on any atom is -0.479 e. The van der Waals surface area contributed by atoms with Gasteiger partial charge in [-0.25, -0.2) is 4.79 Å². The number of carboxylic acids is 1. The summed E-state index contributed by atoms with van der Waals surface area (Å²) in [4.78, 5) is 10.2. The maximum absolute atomic E-state index is 10.2. The predicted octanol–water partition coefficient (Wildman–Crippen LogP) is 0.534. The van der Waals surface area contributed by atoms with Crippen molar-refractivity contribution in [2.24, 2.45) is 0 Å². The molecule has 0 bridgehead atoms. The molecule has 0 aromatic rings. The molecule has 0 aromatic heterocycles. The van der Waals surface area contributed by atoms with Crippen LogP contribution in [0, 0.1) is 0 Å². The van der Waals surface area contributed by atoms with Crippen LogP contribution in [0.2, 0.25) is 0 Å². The fraction of sp³-hybridized carbons (Fsp3) is 0.167. The molecule has 10 heavy (non-hydrogen) atoms. The quantitative estimate of drug-likeness (QED) is 0.590. The Bertz CT molecular complexity index is 177. The van der Waals surface area contributed by atoms with Crippen molar-refractivity contribution >= 4 is 18.4 Å². The van der Waals surface area contributed by atoms with Gasteiger partial charge in [-0.1, -0.05) is 12.2 Å². The number of hydrogen-bond acceptors (Lipinski definition) is 2. The molecule has 1 atom stereocenters. The van der Waals surface area contributed by atoms with Gasteiger partial charge in [0.15, 0.2) is 0 Å². The second-order valence-electron chi connectivity index (χ2n) is 1.73. The zero-order valence-electron chi connectivity index (χ0n) is 5.15. The second-order valence-corrected chi connectivity index (χ2v) is 1.73. The summed E-state index contributed by atoms with van der Waals surface area (Å²) in [6.45, 7) is 0. The van der Waals surface area contributed by atoms with Crippen LogP contribution in [0.4, 0.5) is 0 Å². The third-order valence-electron chi connectivity index (χ3n) is 1.05. The molecular formula is C6H8ClNO2. The van der Waals surface area contributed by atoms with Crippen molar-refractivity contribution < 1.29 is 9.90 Å². The van der Waals surface area contributed by atoms with E-state index in [1.807, 2.05) is 0 Å². The Morgan fingerprint density at radius 2 is 2.20 bits per heavy atom. The summed E-state index contributed by atoms with van der Waals surface area (Å²) in [6, 6.07) is -0.546. The van der Waals surface area contributed by atoms with Crippen molar-refractivity contribution in [2.75, 3.05) is 0 Å². The van der Waals surface area contributed by atoms with Gasteiger partial charge in [0.1, 0.15) is 6.04 Å². The first kappa shape index (κ1) is 9.04. The van der Waals surface area contributed by atoms with E-state index < -0.39 is 12.0 Å². The minimum absolute atomic E-state index is 0. The Kier molecular flexibility index (Phi) is 3.57. The lowest BCUT2D eigenvalue weighted by Gasteiger charge is -2.08. The molecule has 0 aliphatic carbocycles. The van der Waals surface area contributed by atoms with Gasteiger partial charge in [-0.15, -0.1) is 12.4 Å². The number of carbonyl (C=O) groups is 1. The van der Waals surface area contributed by atoms with Crippen molar-refractivity contribution in [2.45, 2.75) is 6.04 Å². The lowest BCUT2D eigenvalue weighted by atomic mass is 10.2. The number of hydrogen-bond donors (Lipinski definition) is 2. The maximum atomic E-state index is 10.2. The van der Waals surface area contributed by atoms with Crippen LogP contribution in [0.15, 0.2) is 24.4 Å². The van der Waals surface area contributed by atoms with E-state index in [1.165, 1.54) is 0 Å². The molecule has 1 heterocycles. The zero-order valence-corrected chi connectivity index (χ0v) is 5.97. The Morgan fingerprint density at radius 1 is 1.50 bits per heavy atom. The van der Waals surface area contributed by atoms with Gasteiger partial charge in [0.05, 0.1) is 0 Å². The van der Waals surface area contributed by atoms with E-state index in [4.69, 9.17) is 5.11 Å². The topological polar surface area (TPSA) is 49.3 Å². The van der Waals surface area contributed by atoms with Crippen LogP contribution in [-0.2, 0) is 4.79 Å². The second kappa shape index (κ2) is 3.95. The number of aliphatic carboxylic acids is 1. The summed E-state index contributed by atoms with van der Waals surface area (Å²) in [5.41, 5.74) is 0. The summed E-state index contributed by atoms with van der Waals surface area (Å²) < 4.78 is 0. The lowest BCUT2D eigenvalue weighted by molar-refractivity contribution is -0.137. The first-order valence-electron chi connectivity index (χ1n) is 2.63. The summed E-state index contributed by atoms with van der Waals surface area (Å²) in [5, 5.41) is 11.0. The number of allylic oxidation sites excluding steroid dienone is 2. The molecule has 3 nitrogen and oxygen atoms in total. The Morgan fingerprint density at radius 3 is 2.50 bits per heavy atom. The average molecular weight is 162 g/mol. The fourth-order valence-corrected chi connectivity index (χ4v) is 0.599. The molecule has 1 rings (SSSR count). The summed E-state index contributed by atoms with van der Waals surface area (Å²) in [6.07, 6.45) is 6.65. The van der Waals surface area contributed by atoms with E-state index in [1.54, 1.807) is 24.4 Å². The van der Waals surface area contributed by atoms with Crippen LogP contribution in [0.5, 0.6) is 0 Å². The van der Waals surface area contributed by atoms with Crippen molar-refractivity contribution in [1.82, 2.24) is 5.32 Å². The Labute approximate surface area is 64.8 Å². The highest BCUT2D eigenvalue weighted by Gasteiger charge is 2.11. The molecule has 0 fully saturated rings. The van der Waals surface area contributed by atoms with Crippen LogP contribution in [0.3, 0.4) is 0 Å². The molecule has 0 amide bonds. The van der Waals surface area contributed by atoms with E-state index in [-0.39, 0.29) is 12.4 Å². The molecule has 56 valence electrons. The Hall–Kier alpha value is -0.960. The standard InChI is InChI=1S/C6H7NO2.ClH/c8-6(9)5-3-1-2-4-7-5;/h1-5,7H,(H,8,9);1H. The van der Waals surface area contributed by atoms with Crippen LogP contribution >= 0.6 is 12.4 Å². The third kappa shape index (κ3) is 2.11. The molecule has 4 heteroatoms. The molecule has 0 radical (unpaired) electrons. The molecular weight excluding hydrogens is 154 g/mol. The summed E-state index contributed by atoms with van der Waals surface area (Å²) >= 11 is 0. The highest BCUT2D eigenvalue weighted by atomic mass is 35.5. The van der Waals surface area contributed by atoms with Crippen molar-refractivity contribution in [1.29, 1.82) is 0 Å². The predicted molar refractivity (Wildman–Crippen MR) is 40.1 cm³/mol. The normalized spacial score (nSPS) is 21.0. The van der Waals surface area contributed by atoms with Crippen LogP contribution in [-0.4, -0.2) is 17.1 Å². The van der Waals surface area contributed by atoms with Gasteiger partial charge in [-0.3, -0.25) is 0 Å². The molecule has 0 saturated carbocycles. The first-order chi connectivity index (χ1) is 4.30. The SMILES string of the molecule is Cl.O=C(O)C1C=CC=CN1. The van der Waals surface area contributed by atoms with E-state index in [2.05, 4.69) is 5.32 Å². The largest absolute Gasteiger partial charge is 0.479 e. The highest BCUT2D eigenvalue weighted by molar-refractivity contribution is 5.85. The number of nitrogens with one attached hydrogen (secondary N) is 1. The fourth-order valence-electron chi connectivity index (χ4n) is 0.599. The minimum atomic E-state index is -0.851. The van der Waals surface area contributed by atoms with E-state index in [0.29, 0.717) is 0 Å². The third-order valence-corrected chi connectivity index (χ3v) is 1.05. The van der Waals surface area contributed by atoms with E-state index in [9.17, 15) is 4.79 Å². The molecule has 2 N–H and O–H groups in total. The van der Waals surface area contributed by atoms with E-state index >= 15 is 0 Å². The van der Waals surface area contributed by atoms with Gasteiger partial charge in [-0.2, -0.15) is 0 Å². The molecule has 0 aromatic carbocycles. The van der Waals surface area contributed by atoms with Crippen molar-refractivity contribution in [3.63, 3.8) is 0 Å². The Balaban J connectivity index is 0.000000810. The average Bonchev–Trinajstić information content (AvgIpc) is 1.90. The molecule has 0 spiro atoms. The van der Waals surface area contributed by atoms with Gasteiger partial charge in [-0.05, 0) is 12.3 Å². The maximum Gasteiger partial charge on any atom is 0.330 e. The van der Waals surface area contributed by atoms with Gasteiger partial charge in [0.25, 0.3) is 0 Å². The van der Waals surface area contributed by atoms with Crippen molar-refractivity contribution in [3.05, 3.63) is 24.4 Å². The van der Waals surface area contributed by atoms with Crippen molar-refractivity contribution in [3.8, 4) is 0 Å². The number of carboxylic acid groups (broad SMARTS) is 1. The van der Waals surface area contributed by atoms with Gasteiger partial charge in [0.2, 0.25) is 0 Å². The highest BCUT2D eigenvalue weighted by Crippen LogP contribution is 1.92. The van der Waals surface area contributed by atoms with E-state index in [0.717, 1.165) is 0 Å². The smallest absolute Gasteiger partial charge is 0.330 e. The molecule has 1 aliphatic rings. The van der Waals surface area contributed by atoms with Crippen LogP contribution in [0.1, 0.15) is 0 Å². The molecule has 1 aliphatic heterocycles. The van der Waals surface area contributed by atoms with Crippen LogP contribution in [0.25, 0.3) is 0 Å². The lowest BCUT2D eigenvalue weighted by Crippen LogP contribution is -2.31. The van der Waals surface area contributed by atoms with Gasteiger partial charge < -0.3 is 10.4 Å². The zero-order chi connectivity index (χ0) is 6.69. The summed E-state index contributed by atoms with van der Waals surface area (Å²) in [7, 11) is 0. The number of halogens is 1. The van der Waals surface area contributed by atoms with Gasteiger partial charge >= 0.3 is 5.97 Å². The van der Waals surface area contributed by atoms with Crippen LogP contribution < -0.4 is 5.32 Å². The molecule has 1 unspecified atom stereocenters. The van der Waals surface area contributed by atoms with Gasteiger partial charge in [0, 0.05) is 0 Å². The summed E-state index contributed by atoms with van der Waals surface area (Å²) in [5.74, 6) is -0.851.